The van der Waals surface area contributed by atoms with E-state index < -0.39 is 0 Å². The number of hydrogen-bond donors (Lipinski definition) is 2. The Balaban J connectivity index is 1.54. The molecule has 0 fully saturated rings. The van der Waals surface area contributed by atoms with Gasteiger partial charge in [0.25, 0.3) is 11.8 Å². The van der Waals surface area contributed by atoms with Crippen LogP contribution >= 0.6 is 23.2 Å². The lowest BCUT2D eigenvalue weighted by atomic mass is 10.1. The molecule has 0 saturated heterocycles. The molecule has 0 aliphatic carbocycles. The number of carbonyl (C=O) groups excluding carboxylic acids is 2. The Morgan fingerprint density at radius 1 is 0.897 bits per heavy atom. The van der Waals surface area contributed by atoms with Crippen LogP contribution in [0.25, 0.3) is 0 Å². The highest BCUT2D eigenvalue weighted by atomic mass is 35.5. The van der Waals surface area contributed by atoms with E-state index in [1.807, 2.05) is 6.92 Å². The molecule has 0 atom stereocenters. The number of ether oxygens (including phenoxy) is 1. The van der Waals surface area contributed by atoms with Crippen molar-refractivity contribution >= 4 is 46.4 Å². The van der Waals surface area contributed by atoms with Gasteiger partial charge in [0.05, 0.1) is 0 Å². The molecule has 3 rings (SSSR count). The number of benzene rings is 3. The number of aryl methyl sites for hydroxylation is 1. The molecule has 0 aliphatic heterocycles. The Bertz CT molecular complexity index is 1040. The van der Waals surface area contributed by atoms with Crippen molar-refractivity contribution in [3.8, 4) is 5.75 Å². The van der Waals surface area contributed by atoms with Crippen LogP contribution in [0, 0.1) is 6.92 Å². The summed E-state index contributed by atoms with van der Waals surface area (Å²) in [5.41, 5.74) is 2.62. The van der Waals surface area contributed by atoms with Gasteiger partial charge in [0.15, 0.2) is 6.61 Å². The number of halogens is 2. The molecule has 2 N–H and O–H groups in total. The second kappa shape index (κ2) is 9.45. The Morgan fingerprint density at radius 2 is 1.62 bits per heavy atom. The van der Waals surface area contributed by atoms with Crippen molar-refractivity contribution in [2.75, 3.05) is 17.2 Å². The van der Waals surface area contributed by atoms with Crippen LogP contribution < -0.4 is 15.4 Å². The fourth-order valence-corrected chi connectivity index (χ4v) is 2.99. The van der Waals surface area contributed by atoms with Crippen LogP contribution in [0.15, 0.2) is 66.7 Å². The summed E-state index contributed by atoms with van der Waals surface area (Å²) < 4.78 is 5.46. The van der Waals surface area contributed by atoms with Crippen LogP contribution in [0.3, 0.4) is 0 Å². The Labute approximate surface area is 178 Å². The minimum atomic E-state index is -0.313. The summed E-state index contributed by atoms with van der Waals surface area (Å²) in [6.07, 6.45) is 0. The lowest BCUT2D eigenvalue weighted by Gasteiger charge is -2.10. The molecule has 0 bridgehead atoms. The van der Waals surface area contributed by atoms with E-state index in [-0.39, 0.29) is 18.4 Å². The topological polar surface area (TPSA) is 67.4 Å². The smallest absolute Gasteiger partial charge is 0.262 e. The summed E-state index contributed by atoms with van der Waals surface area (Å²) in [6.45, 7) is 1.70. The summed E-state index contributed by atoms with van der Waals surface area (Å²) in [5, 5.41) is 6.69. The second-order valence-corrected chi connectivity index (χ2v) is 7.16. The van der Waals surface area contributed by atoms with Crippen molar-refractivity contribution in [1.29, 1.82) is 0 Å². The van der Waals surface area contributed by atoms with E-state index in [1.54, 1.807) is 66.7 Å². The van der Waals surface area contributed by atoms with Gasteiger partial charge in [-0.25, -0.2) is 0 Å². The van der Waals surface area contributed by atoms with Crippen molar-refractivity contribution in [1.82, 2.24) is 0 Å². The normalized spacial score (nSPS) is 10.3. The molecule has 0 unspecified atom stereocenters. The lowest BCUT2D eigenvalue weighted by molar-refractivity contribution is -0.118. The monoisotopic (exact) mass is 428 g/mol. The highest BCUT2D eigenvalue weighted by molar-refractivity contribution is 6.31. The van der Waals surface area contributed by atoms with Crippen LogP contribution in [0.2, 0.25) is 10.0 Å². The van der Waals surface area contributed by atoms with Gasteiger partial charge in [0.1, 0.15) is 5.75 Å². The number of rotatable bonds is 6. The average Bonchev–Trinajstić information content (AvgIpc) is 2.69. The zero-order chi connectivity index (χ0) is 20.8. The summed E-state index contributed by atoms with van der Waals surface area (Å²) >= 11 is 11.8. The molecule has 0 radical (unpaired) electrons. The van der Waals surface area contributed by atoms with E-state index in [4.69, 9.17) is 27.9 Å². The molecule has 3 aromatic rings. The van der Waals surface area contributed by atoms with Gasteiger partial charge in [-0.15, -0.1) is 0 Å². The van der Waals surface area contributed by atoms with Crippen molar-refractivity contribution in [2.24, 2.45) is 0 Å². The highest BCUT2D eigenvalue weighted by Crippen LogP contribution is 2.21. The van der Waals surface area contributed by atoms with Crippen LogP contribution in [-0.4, -0.2) is 18.4 Å². The quantitative estimate of drug-likeness (QED) is 0.538. The molecule has 0 aliphatic rings. The summed E-state index contributed by atoms with van der Waals surface area (Å²) in [5.74, 6) is -0.0848. The summed E-state index contributed by atoms with van der Waals surface area (Å²) in [6, 6.07) is 18.6. The second-order valence-electron chi connectivity index (χ2n) is 6.28. The summed E-state index contributed by atoms with van der Waals surface area (Å²) in [7, 11) is 0. The third-order valence-corrected chi connectivity index (χ3v) is 4.50. The standard InChI is InChI=1S/C22H18Cl2N2O3/c1-14-11-17(24)7-10-20(14)26-22(28)15-5-8-19(9-6-15)29-13-21(27)25-18-4-2-3-16(23)12-18/h2-12H,13H2,1H3,(H,25,27)(H,26,28). The molecule has 0 heterocycles. The third kappa shape index (κ3) is 5.98. The van der Waals surface area contributed by atoms with Crippen LogP contribution in [0.5, 0.6) is 5.75 Å². The van der Waals surface area contributed by atoms with E-state index in [0.717, 1.165) is 5.56 Å². The maximum atomic E-state index is 12.4. The SMILES string of the molecule is Cc1cc(Cl)ccc1NC(=O)c1ccc(OCC(=O)Nc2cccc(Cl)c2)cc1. The molecule has 7 heteroatoms. The van der Waals surface area contributed by atoms with E-state index in [9.17, 15) is 9.59 Å². The van der Waals surface area contributed by atoms with Gasteiger partial charge in [0, 0.05) is 27.0 Å². The number of anilines is 2. The first-order valence-corrected chi connectivity index (χ1v) is 9.52. The largest absolute Gasteiger partial charge is 0.484 e. The van der Waals surface area contributed by atoms with Gasteiger partial charge in [0.2, 0.25) is 0 Å². The zero-order valence-electron chi connectivity index (χ0n) is 15.5. The molecular formula is C22H18Cl2N2O3. The van der Waals surface area contributed by atoms with Crippen molar-refractivity contribution < 1.29 is 14.3 Å². The highest BCUT2D eigenvalue weighted by Gasteiger charge is 2.09. The fraction of sp³-hybridized carbons (Fsp3) is 0.0909. The van der Waals surface area contributed by atoms with Crippen LogP contribution in [0.4, 0.5) is 11.4 Å². The minimum absolute atomic E-state index is 0.165. The molecule has 0 aromatic heterocycles. The molecule has 0 saturated carbocycles. The minimum Gasteiger partial charge on any atom is -0.484 e. The van der Waals surface area contributed by atoms with E-state index in [1.165, 1.54) is 0 Å². The maximum Gasteiger partial charge on any atom is 0.262 e. The predicted octanol–water partition coefficient (Wildman–Crippen LogP) is 5.57. The molecule has 148 valence electrons. The predicted molar refractivity (Wildman–Crippen MR) is 116 cm³/mol. The Morgan fingerprint density at radius 3 is 2.31 bits per heavy atom. The number of amides is 2. The van der Waals surface area contributed by atoms with E-state index in [0.29, 0.717) is 32.7 Å². The van der Waals surface area contributed by atoms with Crippen LogP contribution in [-0.2, 0) is 4.79 Å². The number of hydrogen-bond acceptors (Lipinski definition) is 3. The lowest BCUT2D eigenvalue weighted by Crippen LogP contribution is -2.20. The van der Waals surface area contributed by atoms with Gasteiger partial charge in [-0.05, 0) is 73.2 Å². The van der Waals surface area contributed by atoms with Crippen molar-refractivity contribution in [2.45, 2.75) is 6.92 Å². The van der Waals surface area contributed by atoms with Gasteiger partial charge < -0.3 is 15.4 Å². The Hall–Kier alpha value is -3.02. The van der Waals surface area contributed by atoms with Crippen molar-refractivity contribution in [3.63, 3.8) is 0 Å². The van der Waals surface area contributed by atoms with Gasteiger partial charge >= 0.3 is 0 Å². The van der Waals surface area contributed by atoms with Gasteiger partial charge in [-0.1, -0.05) is 29.3 Å². The number of nitrogens with one attached hydrogen (secondary N) is 2. The molecule has 29 heavy (non-hydrogen) atoms. The zero-order valence-corrected chi connectivity index (χ0v) is 17.1. The first kappa shape index (κ1) is 20.7. The maximum absolute atomic E-state index is 12.4. The molecular weight excluding hydrogens is 411 g/mol. The van der Waals surface area contributed by atoms with Gasteiger partial charge in [-0.2, -0.15) is 0 Å². The third-order valence-electron chi connectivity index (χ3n) is 4.03. The first-order chi connectivity index (χ1) is 13.9. The first-order valence-electron chi connectivity index (χ1n) is 8.76. The molecule has 0 spiro atoms. The molecule has 3 aromatic carbocycles. The molecule has 5 nitrogen and oxygen atoms in total. The average molecular weight is 429 g/mol. The van der Waals surface area contributed by atoms with Crippen LogP contribution in [0.1, 0.15) is 15.9 Å². The van der Waals surface area contributed by atoms with E-state index in [2.05, 4.69) is 10.6 Å². The van der Waals surface area contributed by atoms with Crippen molar-refractivity contribution in [3.05, 3.63) is 87.9 Å². The van der Waals surface area contributed by atoms with E-state index >= 15 is 0 Å². The molecule has 2 amide bonds. The fourth-order valence-electron chi connectivity index (χ4n) is 2.58. The number of carbonyl (C=O) groups is 2. The summed E-state index contributed by atoms with van der Waals surface area (Å²) in [4.78, 5) is 24.4. The Kier molecular flexibility index (Phi) is 6.75. The van der Waals surface area contributed by atoms with Gasteiger partial charge in [-0.3, -0.25) is 9.59 Å².